The first kappa shape index (κ1) is 28.7. The Labute approximate surface area is 294 Å². The summed E-state index contributed by atoms with van der Waals surface area (Å²) in [7, 11) is 0. The predicted octanol–water partition coefficient (Wildman–Crippen LogP) is 13.7. The lowest BCUT2D eigenvalue weighted by molar-refractivity contribution is 1.25. The topological polar surface area (TPSA) is 16.1 Å². The van der Waals surface area contributed by atoms with Gasteiger partial charge >= 0.3 is 0 Å². The lowest BCUT2D eigenvalue weighted by Crippen LogP contribution is -2.09. The molecule has 10 rings (SSSR count). The fourth-order valence-electron chi connectivity index (χ4n) is 7.43. The molecule has 0 N–H and O–H groups in total. The van der Waals surface area contributed by atoms with E-state index in [9.17, 15) is 0 Å². The number of rotatable bonds is 5. The standard InChI is InChI=1S/C47H30N2S/c1-2-10-31(11-3-1)32-18-24-36(25-19-32)49(47-48-45-29-23-34-13-5-7-15-39(34)46(45)50-47)37-26-20-35(21-27-37)43-30-44-38-14-6-4-12-33(38)22-28-42(44)40-16-8-9-17-41(40)43/h1-30H. The van der Waals surface area contributed by atoms with Crippen LogP contribution in [0, 0.1) is 0 Å². The van der Waals surface area contributed by atoms with Gasteiger partial charge in [0.25, 0.3) is 0 Å². The van der Waals surface area contributed by atoms with Crippen molar-refractivity contribution in [3.63, 3.8) is 0 Å². The Bertz CT molecular complexity index is 2850. The third kappa shape index (κ3) is 4.74. The lowest BCUT2D eigenvalue weighted by Gasteiger charge is -2.23. The van der Waals surface area contributed by atoms with E-state index in [-0.39, 0.29) is 0 Å². The molecule has 50 heavy (non-hydrogen) atoms. The second-order valence-electron chi connectivity index (χ2n) is 12.8. The highest BCUT2D eigenvalue weighted by Gasteiger charge is 2.19. The van der Waals surface area contributed by atoms with Crippen molar-refractivity contribution >= 4 is 81.1 Å². The molecule has 0 bridgehead atoms. The molecule has 10 aromatic rings. The number of hydrogen-bond acceptors (Lipinski definition) is 3. The van der Waals surface area contributed by atoms with Crippen LogP contribution in [0.25, 0.3) is 75.6 Å². The highest BCUT2D eigenvalue weighted by molar-refractivity contribution is 7.23. The van der Waals surface area contributed by atoms with Crippen LogP contribution in [-0.2, 0) is 0 Å². The number of fused-ring (bicyclic) bond motifs is 8. The fourth-order valence-corrected chi connectivity index (χ4v) is 8.58. The molecule has 0 saturated heterocycles. The van der Waals surface area contributed by atoms with E-state index in [1.165, 1.54) is 70.0 Å². The number of aromatic nitrogens is 1. The van der Waals surface area contributed by atoms with Crippen LogP contribution >= 0.6 is 11.3 Å². The second-order valence-corrected chi connectivity index (χ2v) is 13.8. The monoisotopic (exact) mass is 654 g/mol. The Morgan fingerprint density at radius 3 is 1.66 bits per heavy atom. The van der Waals surface area contributed by atoms with Gasteiger partial charge in [-0.1, -0.05) is 157 Å². The number of hydrogen-bond donors (Lipinski definition) is 0. The average Bonchev–Trinajstić information content (AvgIpc) is 3.63. The van der Waals surface area contributed by atoms with E-state index in [1.54, 1.807) is 11.3 Å². The second kappa shape index (κ2) is 11.7. The minimum absolute atomic E-state index is 0.944. The third-order valence-electron chi connectivity index (χ3n) is 9.90. The summed E-state index contributed by atoms with van der Waals surface area (Å²) in [6.45, 7) is 0. The van der Waals surface area contributed by atoms with Gasteiger partial charge in [0.05, 0.1) is 10.2 Å². The van der Waals surface area contributed by atoms with Crippen molar-refractivity contribution in [2.45, 2.75) is 0 Å². The summed E-state index contributed by atoms with van der Waals surface area (Å²) in [6, 6.07) is 65.7. The van der Waals surface area contributed by atoms with E-state index >= 15 is 0 Å². The van der Waals surface area contributed by atoms with Crippen LogP contribution in [0.1, 0.15) is 0 Å². The molecule has 0 atom stereocenters. The van der Waals surface area contributed by atoms with Crippen LogP contribution in [0.2, 0.25) is 0 Å². The minimum atomic E-state index is 0.944. The van der Waals surface area contributed by atoms with Crippen molar-refractivity contribution in [1.29, 1.82) is 0 Å². The lowest BCUT2D eigenvalue weighted by atomic mass is 9.91. The largest absolute Gasteiger partial charge is 0.286 e. The summed E-state index contributed by atoms with van der Waals surface area (Å²) < 4.78 is 1.20. The van der Waals surface area contributed by atoms with E-state index in [2.05, 4.69) is 187 Å². The predicted molar refractivity (Wildman–Crippen MR) is 215 cm³/mol. The SMILES string of the molecule is c1ccc(-c2ccc(N(c3ccc(-c4cc5c6ccccc6ccc5c5ccccc45)cc3)c3nc4ccc5ccccc5c4s3)cc2)cc1. The van der Waals surface area contributed by atoms with Crippen LogP contribution < -0.4 is 4.90 Å². The van der Waals surface area contributed by atoms with Gasteiger partial charge in [-0.15, -0.1) is 0 Å². The summed E-state index contributed by atoms with van der Waals surface area (Å²) >= 11 is 1.74. The Balaban J connectivity index is 1.13. The summed E-state index contributed by atoms with van der Waals surface area (Å²) in [5.74, 6) is 0. The quantitative estimate of drug-likeness (QED) is 0.172. The van der Waals surface area contributed by atoms with Crippen LogP contribution in [0.3, 0.4) is 0 Å². The van der Waals surface area contributed by atoms with E-state index < -0.39 is 0 Å². The molecule has 9 aromatic carbocycles. The average molecular weight is 655 g/mol. The Morgan fingerprint density at radius 1 is 0.380 bits per heavy atom. The number of anilines is 3. The summed E-state index contributed by atoms with van der Waals surface area (Å²) in [5, 5.41) is 11.0. The molecule has 0 aliphatic heterocycles. The molecule has 0 fully saturated rings. The Kier molecular flexibility index (Phi) is 6.71. The zero-order chi connectivity index (χ0) is 33.0. The van der Waals surface area contributed by atoms with E-state index in [0.29, 0.717) is 0 Å². The van der Waals surface area contributed by atoms with Crippen LogP contribution in [0.5, 0.6) is 0 Å². The molecule has 3 heteroatoms. The summed E-state index contributed by atoms with van der Waals surface area (Å²) in [5.41, 5.74) is 7.98. The van der Waals surface area contributed by atoms with Crippen molar-refractivity contribution in [2.24, 2.45) is 0 Å². The first-order valence-corrected chi connectivity index (χ1v) is 17.8. The van der Waals surface area contributed by atoms with Gasteiger partial charge < -0.3 is 0 Å². The Hall–Kier alpha value is -6.29. The molecule has 0 spiro atoms. The maximum Gasteiger partial charge on any atom is 0.195 e. The van der Waals surface area contributed by atoms with Gasteiger partial charge in [-0.05, 0) is 96.4 Å². The third-order valence-corrected chi connectivity index (χ3v) is 11.0. The molecule has 0 aliphatic rings. The molecule has 1 aromatic heterocycles. The number of nitrogens with zero attached hydrogens (tertiary/aromatic N) is 2. The van der Waals surface area contributed by atoms with Crippen molar-refractivity contribution in [3.8, 4) is 22.3 Å². The molecule has 1 heterocycles. The van der Waals surface area contributed by atoms with Crippen molar-refractivity contribution in [1.82, 2.24) is 4.98 Å². The number of benzene rings is 9. The molecule has 0 aliphatic carbocycles. The maximum absolute atomic E-state index is 5.23. The molecule has 0 amide bonds. The number of thiazole rings is 1. The van der Waals surface area contributed by atoms with Crippen LogP contribution in [-0.4, -0.2) is 4.98 Å². The van der Waals surface area contributed by atoms with Gasteiger partial charge in [0.2, 0.25) is 0 Å². The van der Waals surface area contributed by atoms with Gasteiger partial charge in [0.15, 0.2) is 5.13 Å². The molecular formula is C47H30N2S. The van der Waals surface area contributed by atoms with E-state index in [4.69, 9.17) is 4.98 Å². The molecule has 2 nitrogen and oxygen atoms in total. The maximum atomic E-state index is 5.23. The molecular weight excluding hydrogens is 625 g/mol. The van der Waals surface area contributed by atoms with Gasteiger partial charge in [-0.2, -0.15) is 0 Å². The zero-order valence-electron chi connectivity index (χ0n) is 27.1. The highest BCUT2D eigenvalue weighted by atomic mass is 32.1. The summed E-state index contributed by atoms with van der Waals surface area (Å²) in [4.78, 5) is 7.52. The minimum Gasteiger partial charge on any atom is -0.286 e. The fraction of sp³-hybridized carbons (Fsp3) is 0. The first-order valence-electron chi connectivity index (χ1n) is 17.0. The molecule has 0 saturated carbocycles. The van der Waals surface area contributed by atoms with Crippen molar-refractivity contribution in [2.75, 3.05) is 4.90 Å². The molecule has 0 radical (unpaired) electrons. The highest BCUT2D eigenvalue weighted by Crippen LogP contribution is 2.43. The van der Waals surface area contributed by atoms with Gasteiger partial charge in [0, 0.05) is 16.8 Å². The Morgan fingerprint density at radius 2 is 0.920 bits per heavy atom. The normalized spacial score (nSPS) is 11.6. The van der Waals surface area contributed by atoms with Gasteiger partial charge in [-0.3, -0.25) is 4.90 Å². The van der Waals surface area contributed by atoms with E-state index in [1.807, 2.05) is 0 Å². The van der Waals surface area contributed by atoms with Gasteiger partial charge in [-0.25, -0.2) is 4.98 Å². The molecule has 234 valence electrons. The van der Waals surface area contributed by atoms with Crippen LogP contribution in [0.4, 0.5) is 16.5 Å². The van der Waals surface area contributed by atoms with Crippen molar-refractivity contribution in [3.05, 3.63) is 182 Å². The van der Waals surface area contributed by atoms with Crippen molar-refractivity contribution < 1.29 is 0 Å². The van der Waals surface area contributed by atoms with Crippen LogP contribution in [0.15, 0.2) is 182 Å². The zero-order valence-corrected chi connectivity index (χ0v) is 27.9. The smallest absolute Gasteiger partial charge is 0.195 e. The van der Waals surface area contributed by atoms with Gasteiger partial charge in [0.1, 0.15) is 0 Å². The summed E-state index contributed by atoms with van der Waals surface area (Å²) in [6.07, 6.45) is 0. The first-order chi connectivity index (χ1) is 24.8. The van der Waals surface area contributed by atoms with E-state index in [0.717, 1.165) is 22.0 Å². The molecule has 0 unspecified atom stereocenters.